The zero-order valence-corrected chi connectivity index (χ0v) is 16.5. The molecule has 0 radical (unpaired) electrons. The molecule has 0 atom stereocenters. The molecule has 0 saturated carbocycles. The molecule has 1 aliphatic heterocycles. The molecule has 4 nitrogen and oxygen atoms in total. The minimum absolute atomic E-state index is 0.327. The van der Waals surface area contributed by atoms with E-state index in [4.69, 9.17) is 4.98 Å². The van der Waals surface area contributed by atoms with Gasteiger partial charge in [-0.15, -0.1) is 0 Å². The molecule has 2 aromatic carbocycles. The highest BCUT2D eigenvalue weighted by Crippen LogP contribution is 2.39. The molecule has 0 bridgehead atoms. The molecule has 3 aromatic rings. The van der Waals surface area contributed by atoms with Gasteiger partial charge in [-0.05, 0) is 55.4 Å². The van der Waals surface area contributed by atoms with Crippen LogP contribution in [-0.4, -0.2) is 29.1 Å². The number of piperidine rings is 1. The van der Waals surface area contributed by atoms with E-state index in [1.165, 1.54) is 12.0 Å². The second kappa shape index (κ2) is 7.63. The zero-order chi connectivity index (χ0) is 19.7. The molecular weight excluding hydrogens is 348 g/mol. The Bertz CT molecular complexity index is 1020. The largest absolute Gasteiger partial charge is 0.478 e. The van der Waals surface area contributed by atoms with Gasteiger partial charge in [-0.1, -0.05) is 43.3 Å². The average molecular weight is 374 g/mol. The number of hydrogen-bond donors (Lipinski definition) is 1. The van der Waals surface area contributed by atoms with Gasteiger partial charge in [0.1, 0.15) is 11.4 Å². The summed E-state index contributed by atoms with van der Waals surface area (Å²) in [6.45, 7) is 5.92. The van der Waals surface area contributed by atoms with E-state index >= 15 is 0 Å². The Morgan fingerprint density at radius 2 is 1.82 bits per heavy atom. The van der Waals surface area contributed by atoms with Gasteiger partial charge in [-0.2, -0.15) is 0 Å². The highest BCUT2D eigenvalue weighted by atomic mass is 16.4. The summed E-state index contributed by atoms with van der Waals surface area (Å²) in [7, 11) is 0. The summed E-state index contributed by atoms with van der Waals surface area (Å²) in [5, 5.41) is 11.2. The fourth-order valence-electron chi connectivity index (χ4n) is 4.25. The number of rotatable bonds is 4. The summed E-state index contributed by atoms with van der Waals surface area (Å²) in [5.41, 5.74) is 5.25. The summed E-state index contributed by atoms with van der Waals surface area (Å²) < 4.78 is 0. The van der Waals surface area contributed by atoms with E-state index in [0.29, 0.717) is 11.4 Å². The van der Waals surface area contributed by atoms with Crippen molar-refractivity contribution in [1.82, 2.24) is 4.98 Å². The Labute approximate surface area is 165 Å². The molecule has 28 heavy (non-hydrogen) atoms. The van der Waals surface area contributed by atoms with Gasteiger partial charge < -0.3 is 10.0 Å². The Kier molecular flexibility index (Phi) is 5.03. The van der Waals surface area contributed by atoms with Crippen LogP contribution in [0.1, 0.15) is 47.7 Å². The van der Waals surface area contributed by atoms with Crippen LogP contribution >= 0.6 is 0 Å². The van der Waals surface area contributed by atoms with Gasteiger partial charge in [0.15, 0.2) is 0 Å². The number of carboxylic acids is 1. The van der Waals surface area contributed by atoms with E-state index in [9.17, 15) is 9.90 Å². The van der Waals surface area contributed by atoms with Crippen molar-refractivity contribution in [2.45, 2.75) is 39.5 Å². The van der Waals surface area contributed by atoms with Crippen LogP contribution in [0.4, 0.5) is 5.82 Å². The molecule has 1 aromatic heterocycles. The van der Waals surface area contributed by atoms with E-state index in [1.54, 1.807) is 0 Å². The van der Waals surface area contributed by atoms with Crippen molar-refractivity contribution >= 4 is 22.7 Å². The lowest BCUT2D eigenvalue weighted by Gasteiger charge is -2.30. The second-order valence-corrected chi connectivity index (χ2v) is 7.57. The molecule has 1 fully saturated rings. The quantitative estimate of drug-likeness (QED) is 0.659. The van der Waals surface area contributed by atoms with Gasteiger partial charge in [-0.25, -0.2) is 9.78 Å². The number of carbonyl (C=O) groups is 1. The normalized spacial score (nSPS) is 14.4. The van der Waals surface area contributed by atoms with Crippen molar-refractivity contribution < 1.29 is 9.90 Å². The summed E-state index contributed by atoms with van der Waals surface area (Å²) in [5.74, 6) is -0.292. The standard InChI is InChI=1S/C24H26N2O2/c1-3-17-14-16(2)22-19(15-17)20(18-10-6-4-7-11-18)21(24(27)28)23(25-22)26-12-8-5-9-13-26/h4,6-7,10-11,14-15H,3,5,8-9,12-13H2,1-2H3,(H,27,28). The third-order valence-corrected chi connectivity index (χ3v) is 5.66. The van der Waals surface area contributed by atoms with Gasteiger partial charge in [0.2, 0.25) is 0 Å². The Hall–Kier alpha value is -2.88. The maximum atomic E-state index is 12.5. The third kappa shape index (κ3) is 3.24. The topological polar surface area (TPSA) is 53.4 Å². The summed E-state index contributed by atoms with van der Waals surface area (Å²) in [4.78, 5) is 19.6. The van der Waals surface area contributed by atoms with Gasteiger partial charge in [0, 0.05) is 24.0 Å². The van der Waals surface area contributed by atoms with Crippen molar-refractivity contribution in [2.75, 3.05) is 18.0 Å². The van der Waals surface area contributed by atoms with Crippen molar-refractivity contribution in [3.8, 4) is 11.1 Å². The van der Waals surface area contributed by atoms with Gasteiger partial charge in [0.25, 0.3) is 0 Å². The summed E-state index contributed by atoms with van der Waals surface area (Å²) in [6.07, 6.45) is 4.25. The first-order valence-corrected chi connectivity index (χ1v) is 10.1. The number of aromatic carboxylic acids is 1. The van der Waals surface area contributed by atoms with E-state index in [-0.39, 0.29) is 0 Å². The van der Waals surface area contributed by atoms with Crippen LogP contribution in [0.5, 0.6) is 0 Å². The first kappa shape index (κ1) is 18.5. The first-order valence-electron chi connectivity index (χ1n) is 10.1. The van der Waals surface area contributed by atoms with Crippen molar-refractivity contribution in [3.05, 3.63) is 59.2 Å². The molecule has 1 saturated heterocycles. The van der Waals surface area contributed by atoms with Crippen molar-refractivity contribution in [1.29, 1.82) is 0 Å². The fraction of sp³-hybridized carbons (Fsp3) is 0.333. The number of carboxylic acid groups (broad SMARTS) is 1. The minimum Gasteiger partial charge on any atom is -0.478 e. The maximum absolute atomic E-state index is 12.5. The van der Waals surface area contributed by atoms with Crippen molar-refractivity contribution in [2.24, 2.45) is 0 Å². The predicted octanol–water partition coefficient (Wildman–Crippen LogP) is 5.46. The number of pyridine rings is 1. The molecular formula is C24H26N2O2. The monoisotopic (exact) mass is 374 g/mol. The lowest BCUT2D eigenvalue weighted by molar-refractivity contribution is 0.0698. The molecule has 1 N–H and O–H groups in total. The molecule has 2 heterocycles. The Balaban J connectivity index is 2.11. The van der Waals surface area contributed by atoms with Crippen LogP contribution in [-0.2, 0) is 6.42 Å². The summed E-state index contributed by atoms with van der Waals surface area (Å²) in [6, 6.07) is 14.2. The van der Waals surface area contributed by atoms with Gasteiger partial charge in [0.05, 0.1) is 5.52 Å². The van der Waals surface area contributed by atoms with Gasteiger partial charge >= 0.3 is 5.97 Å². The smallest absolute Gasteiger partial charge is 0.340 e. The molecule has 144 valence electrons. The third-order valence-electron chi connectivity index (χ3n) is 5.66. The second-order valence-electron chi connectivity index (χ2n) is 7.57. The van der Waals surface area contributed by atoms with Crippen LogP contribution in [0.2, 0.25) is 0 Å². The number of aromatic nitrogens is 1. The molecule has 0 aliphatic carbocycles. The Morgan fingerprint density at radius 3 is 2.46 bits per heavy atom. The average Bonchev–Trinajstić information content (AvgIpc) is 2.73. The van der Waals surface area contributed by atoms with Crippen LogP contribution in [0.25, 0.3) is 22.0 Å². The lowest BCUT2D eigenvalue weighted by Crippen LogP contribution is -2.32. The highest BCUT2D eigenvalue weighted by molar-refractivity contribution is 6.10. The summed E-state index contributed by atoms with van der Waals surface area (Å²) >= 11 is 0. The van der Waals surface area contributed by atoms with Crippen LogP contribution in [0, 0.1) is 6.92 Å². The van der Waals surface area contributed by atoms with Gasteiger partial charge in [-0.3, -0.25) is 0 Å². The number of fused-ring (bicyclic) bond motifs is 1. The molecule has 4 heteroatoms. The van der Waals surface area contributed by atoms with Crippen LogP contribution in [0.3, 0.4) is 0 Å². The lowest BCUT2D eigenvalue weighted by atomic mass is 9.92. The molecule has 4 rings (SSSR count). The van der Waals surface area contributed by atoms with E-state index in [2.05, 4.69) is 30.9 Å². The number of benzene rings is 2. The van der Waals surface area contributed by atoms with Crippen LogP contribution < -0.4 is 4.90 Å². The molecule has 0 unspecified atom stereocenters. The van der Waals surface area contributed by atoms with E-state index in [0.717, 1.165) is 59.9 Å². The number of hydrogen-bond acceptors (Lipinski definition) is 3. The van der Waals surface area contributed by atoms with E-state index < -0.39 is 5.97 Å². The highest BCUT2D eigenvalue weighted by Gasteiger charge is 2.26. The zero-order valence-electron chi connectivity index (χ0n) is 16.5. The predicted molar refractivity (Wildman–Crippen MR) is 114 cm³/mol. The number of aryl methyl sites for hydroxylation is 2. The number of nitrogens with zero attached hydrogens (tertiary/aromatic N) is 2. The van der Waals surface area contributed by atoms with Crippen LogP contribution in [0.15, 0.2) is 42.5 Å². The SMILES string of the molecule is CCc1cc(C)c2nc(N3CCCCC3)c(C(=O)O)c(-c3ccccc3)c2c1. The first-order chi connectivity index (χ1) is 13.6. The maximum Gasteiger partial charge on any atom is 0.340 e. The van der Waals surface area contributed by atoms with Crippen molar-refractivity contribution in [3.63, 3.8) is 0 Å². The molecule has 0 spiro atoms. The fourth-order valence-corrected chi connectivity index (χ4v) is 4.25. The minimum atomic E-state index is -0.909. The Morgan fingerprint density at radius 1 is 1.11 bits per heavy atom. The molecule has 1 aliphatic rings. The number of anilines is 1. The molecule has 0 amide bonds. The van der Waals surface area contributed by atoms with E-state index in [1.807, 2.05) is 30.3 Å².